The van der Waals surface area contributed by atoms with Crippen LogP contribution in [0.1, 0.15) is 10.6 Å². The third-order valence-corrected chi connectivity index (χ3v) is 3.87. The lowest BCUT2D eigenvalue weighted by Gasteiger charge is -2.12. The molecule has 0 radical (unpaired) electrons. The van der Waals surface area contributed by atoms with E-state index in [0.29, 0.717) is 6.61 Å². The van der Waals surface area contributed by atoms with Crippen molar-refractivity contribution in [2.75, 3.05) is 32.6 Å². The summed E-state index contributed by atoms with van der Waals surface area (Å²) in [6, 6.07) is 8.08. The summed E-state index contributed by atoms with van der Waals surface area (Å²) in [5, 5.41) is 3.41. The Kier molecular flexibility index (Phi) is 5.38. The summed E-state index contributed by atoms with van der Waals surface area (Å²) in [7, 11) is 4.08. The smallest absolute Gasteiger partial charge is 0.121 e. The Morgan fingerprint density at radius 3 is 2.90 bits per heavy atom. The van der Waals surface area contributed by atoms with Gasteiger partial charge in [-0.25, -0.2) is 4.98 Å². The molecule has 1 aromatic heterocycles. The molecule has 5 heteroatoms. The van der Waals surface area contributed by atoms with E-state index in [1.54, 1.807) is 11.3 Å². The van der Waals surface area contributed by atoms with E-state index in [2.05, 4.69) is 21.3 Å². The van der Waals surface area contributed by atoms with Gasteiger partial charge in [0.25, 0.3) is 0 Å². The van der Waals surface area contributed by atoms with Gasteiger partial charge in [-0.3, -0.25) is 0 Å². The van der Waals surface area contributed by atoms with Gasteiger partial charge in [-0.2, -0.15) is 0 Å². The minimum absolute atomic E-state index is 0.699. The number of likely N-dealkylation sites (N-methyl/N-ethyl adjacent to an activating group) is 1. The standard InChI is InChI=1S/C15H21N3OS/c1-12-15(20-11-17-12)10-16-13-5-4-6-14(9-13)19-8-7-18(2)3/h4-6,9,11,16H,7-8,10H2,1-3H3. The number of nitrogens with zero attached hydrogens (tertiary/aromatic N) is 2. The number of hydrogen-bond acceptors (Lipinski definition) is 5. The molecule has 0 saturated heterocycles. The number of benzene rings is 1. The lowest BCUT2D eigenvalue weighted by atomic mass is 10.3. The second kappa shape index (κ2) is 7.26. The van der Waals surface area contributed by atoms with Crippen LogP contribution in [0, 0.1) is 6.92 Å². The summed E-state index contributed by atoms with van der Waals surface area (Å²) in [5.74, 6) is 0.901. The van der Waals surface area contributed by atoms with Gasteiger partial charge in [0.1, 0.15) is 12.4 Å². The Morgan fingerprint density at radius 2 is 2.20 bits per heavy atom. The Labute approximate surface area is 124 Å². The highest BCUT2D eigenvalue weighted by atomic mass is 32.1. The van der Waals surface area contributed by atoms with Crippen molar-refractivity contribution in [3.8, 4) is 5.75 Å². The zero-order chi connectivity index (χ0) is 14.4. The molecule has 0 amide bonds. The van der Waals surface area contributed by atoms with Crippen molar-refractivity contribution in [1.82, 2.24) is 9.88 Å². The van der Waals surface area contributed by atoms with Crippen LogP contribution in [-0.4, -0.2) is 37.1 Å². The first-order valence-electron chi connectivity index (χ1n) is 6.65. The molecule has 0 saturated carbocycles. The molecule has 108 valence electrons. The van der Waals surface area contributed by atoms with Gasteiger partial charge in [0, 0.05) is 23.2 Å². The van der Waals surface area contributed by atoms with Crippen molar-refractivity contribution < 1.29 is 4.74 Å². The average molecular weight is 291 g/mol. The third kappa shape index (κ3) is 4.51. The highest BCUT2D eigenvalue weighted by Gasteiger charge is 2.02. The molecule has 0 spiro atoms. The number of nitrogens with one attached hydrogen (secondary N) is 1. The number of aryl methyl sites for hydroxylation is 1. The van der Waals surface area contributed by atoms with E-state index in [4.69, 9.17) is 4.74 Å². The van der Waals surface area contributed by atoms with E-state index in [1.807, 2.05) is 44.7 Å². The zero-order valence-corrected chi connectivity index (χ0v) is 13.0. The van der Waals surface area contributed by atoms with Gasteiger partial charge in [0.15, 0.2) is 0 Å². The summed E-state index contributed by atoms with van der Waals surface area (Å²) in [6.45, 7) is 4.45. The largest absolute Gasteiger partial charge is 0.492 e. The first kappa shape index (κ1) is 14.8. The van der Waals surface area contributed by atoms with Gasteiger partial charge >= 0.3 is 0 Å². The van der Waals surface area contributed by atoms with Gasteiger partial charge < -0.3 is 15.0 Å². The van der Waals surface area contributed by atoms with Crippen molar-refractivity contribution in [2.24, 2.45) is 0 Å². The van der Waals surface area contributed by atoms with Gasteiger partial charge in [0.05, 0.1) is 17.7 Å². The predicted molar refractivity (Wildman–Crippen MR) is 84.7 cm³/mol. The Hall–Kier alpha value is -1.59. The van der Waals surface area contributed by atoms with Crippen molar-refractivity contribution in [2.45, 2.75) is 13.5 Å². The van der Waals surface area contributed by atoms with E-state index in [0.717, 1.165) is 30.2 Å². The van der Waals surface area contributed by atoms with Crippen LogP contribution < -0.4 is 10.1 Å². The fourth-order valence-corrected chi connectivity index (χ4v) is 2.44. The molecular weight excluding hydrogens is 270 g/mol. The number of rotatable bonds is 7. The second-order valence-corrected chi connectivity index (χ2v) is 5.83. The van der Waals surface area contributed by atoms with Crippen LogP contribution in [0.15, 0.2) is 29.8 Å². The highest BCUT2D eigenvalue weighted by Crippen LogP contribution is 2.19. The molecule has 20 heavy (non-hydrogen) atoms. The first-order chi connectivity index (χ1) is 9.65. The first-order valence-corrected chi connectivity index (χ1v) is 7.53. The Balaban J connectivity index is 1.87. The van der Waals surface area contributed by atoms with E-state index < -0.39 is 0 Å². The Morgan fingerprint density at radius 1 is 1.35 bits per heavy atom. The molecule has 4 nitrogen and oxygen atoms in total. The van der Waals surface area contributed by atoms with Crippen LogP contribution in [0.4, 0.5) is 5.69 Å². The van der Waals surface area contributed by atoms with E-state index >= 15 is 0 Å². The second-order valence-electron chi connectivity index (χ2n) is 4.89. The molecule has 1 N–H and O–H groups in total. The van der Waals surface area contributed by atoms with Crippen LogP contribution in [0.2, 0.25) is 0 Å². The minimum Gasteiger partial charge on any atom is -0.492 e. The normalized spacial score (nSPS) is 10.8. The summed E-state index contributed by atoms with van der Waals surface area (Å²) in [4.78, 5) is 7.63. The summed E-state index contributed by atoms with van der Waals surface area (Å²) < 4.78 is 5.73. The fourth-order valence-electron chi connectivity index (χ4n) is 1.72. The van der Waals surface area contributed by atoms with Gasteiger partial charge in [0.2, 0.25) is 0 Å². The van der Waals surface area contributed by atoms with Gasteiger partial charge in [-0.05, 0) is 33.2 Å². The molecule has 2 rings (SSSR count). The molecule has 0 unspecified atom stereocenters. The lowest BCUT2D eigenvalue weighted by Crippen LogP contribution is -2.19. The molecule has 0 aliphatic carbocycles. The monoisotopic (exact) mass is 291 g/mol. The highest BCUT2D eigenvalue weighted by molar-refractivity contribution is 7.09. The third-order valence-electron chi connectivity index (χ3n) is 2.94. The number of anilines is 1. The quantitative estimate of drug-likeness (QED) is 0.851. The minimum atomic E-state index is 0.699. The number of thiazole rings is 1. The number of aromatic nitrogens is 1. The maximum atomic E-state index is 5.73. The van der Waals surface area contributed by atoms with E-state index in [-0.39, 0.29) is 0 Å². The molecule has 0 bridgehead atoms. The molecule has 0 atom stereocenters. The lowest BCUT2D eigenvalue weighted by molar-refractivity contribution is 0.261. The summed E-state index contributed by atoms with van der Waals surface area (Å²) >= 11 is 1.68. The molecule has 2 aromatic rings. The number of hydrogen-bond donors (Lipinski definition) is 1. The Bertz CT molecular complexity index is 539. The maximum Gasteiger partial charge on any atom is 0.121 e. The molecular formula is C15H21N3OS. The topological polar surface area (TPSA) is 37.4 Å². The zero-order valence-electron chi connectivity index (χ0n) is 12.2. The fraction of sp³-hybridized carbons (Fsp3) is 0.400. The molecule has 1 aromatic carbocycles. The van der Waals surface area contributed by atoms with Crippen LogP contribution in [0.5, 0.6) is 5.75 Å². The van der Waals surface area contributed by atoms with Gasteiger partial charge in [-0.15, -0.1) is 11.3 Å². The number of ether oxygens (including phenoxy) is 1. The maximum absolute atomic E-state index is 5.73. The summed E-state index contributed by atoms with van der Waals surface area (Å²) in [5.41, 5.74) is 4.05. The van der Waals surface area contributed by atoms with Crippen LogP contribution in [-0.2, 0) is 6.54 Å². The predicted octanol–water partition coefficient (Wildman–Crippen LogP) is 3.00. The van der Waals surface area contributed by atoms with Gasteiger partial charge in [-0.1, -0.05) is 6.07 Å². The van der Waals surface area contributed by atoms with Crippen LogP contribution in [0.3, 0.4) is 0 Å². The molecule has 0 aliphatic rings. The average Bonchev–Trinajstić information content (AvgIpc) is 2.82. The van der Waals surface area contributed by atoms with Crippen molar-refractivity contribution in [3.63, 3.8) is 0 Å². The van der Waals surface area contributed by atoms with Crippen LogP contribution >= 0.6 is 11.3 Å². The molecule has 1 heterocycles. The van der Waals surface area contributed by atoms with Crippen molar-refractivity contribution >= 4 is 17.0 Å². The molecule has 0 fully saturated rings. The van der Waals surface area contributed by atoms with E-state index in [1.165, 1.54) is 4.88 Å². The van der Waals surface area contributed by atoms with Crippen molar-refractivity contribution in [1.29, 1.82) is 0 Å². The SMILES string of the molecule is Cc1ncsc1CNc1cccc(OCCN(C)C)c1. The van der Waals surface area contributed by atoms with Crippen molar-refractivity contribution in [3.05, 3.63) is 40.3 Å². The van der Waals surface area contributed by atoms with E-state index in [9.17, 15) is 0 Å². The summed E-state index contributed by atoms with van der Waals surface area (Å²) in [6.07, 6.45) is 0. The molecule has 0 aliphatic heterocycles. The van der Waals surface area contributed by atoms with Crippen LogP contribution in [0.25, 0.3) is 0 Å².